The molecule has 0 heterocycles. The van der Waals surface area contributed by atoms with Gasteiger partial charge < -0.3 is 5.32 Å². The van der Waals surface area contributed by atoms with Crippen molar-refractivity contribution in [3.05, 3.63) is 65.7 Å². The van der Waals surface area contributed by atoms with E-state index in [1.165, 1.54) is 30.4 Å². The molecule has 2 aromatic carbocycles. The van der Waals surface area contributed by atoms with Gasteiger partial charge in [0.2, 0.25) is 5.91 Å². The van der Waals surface area contributed by atoms with Crippen LogP contribution < -0.4 is 5.32 Å². The fourth-order valence-electron chi connectivity index (χ4n) is 3.30. The zero-order chi connectivity index (χ0) is 15.9. The second kappa shape index (κ2) is 7.96. The third-order valence-electron chi connectivity index (χ3n) is 4.74. The van der Waals surface area contributed by atoms with Gasteiger partial charge >= 0.3 is 0 Å². The molecule has 2 nitrogen and oxygen atoms in total. The Morgan fingerprint density at radius 2 is 1.43 bits per heavy atom. The lowest BCUT2D eigenvalue weighted by Gasteiger charge is -2.20. The molecule has 2 heteroatoms. The fourth-order valence-corrected chi connectivity index (χ4v) is 3.30. The minimum absolute atomic E-state index is 0.196. The van der Waals surface area contributed by atoms with Crippen molar-refractivity contribution in [3.8, 4) is 0 Å². The molecule has 2 aromatic rings. The first kappa shape index (κ1) is 15.8. The van der Waals surface area contributed by atoms with Crippen molar-refractivity contribution in [3.63, 3.8) is 0 Å². The second-order valence-electron chi connectivity index (χ2n) is 6.51. The second-order valence-corrected chi connectivity index (χ2v) is 6.51. The van der Waals surface area contributed by atoms with Gasteiger partial charge in [0.1, 0.15) is 0 Å². The number of rotatable bonds is 5. The van der Waals surface area contributed by atoms with Crippen LogP contribution in [0.1, 0.15) is 43.2 Å². The monoisotopic (exact) mass is 307 g/mol. The summed E-state index contributed by atoms with van der Waals surface area (Å²) in [5.41, 5.74) is 3.59. The summed E-state index contributed by atoms with van der Waals surface area (Å²) in [6.07, 6.45) is 7.82. The summed E-state index contributed by atoms with van der Waals surface area (Å²) < 4.78 is 0. The normalized spacial score (nSPS) is 15.3. The van der Waals surface area contributed by atoms with Crippen molar-refractivity contribution in [2.45, 2.75) is 44.9 Å². The maximum atomic E-state index is 12.3. The van der Waals surface area contributed by atoms with Crippen molar-refractivity contribution in [1.29, 1.82) is 0 Å². The van der Waals surface area contributed by atoms with Crippen molar-refractivity contribution < 1.29 is 4.79 Å². The first-order valence-corrected chi connectivity index (χ1v) is 8.75. The van der Waals surface area contributed by atoms with Gasteiger partial charge in [-0.05, 0) is 48.9 Å². The average Bonchev–Trinajstić information content (AvgIpc) is 2.63. The van der Waals surface area contributed by atoms with E-state index in [2.05, 4.69) is 41.7 Å². The lowest BCUT2D eigenvalue weighted by molar-refractivity contribution is -0.120. The zero-order valence-corrected chi connectivity index (χ0v) is 13.6. The molecule has 0 radical (unpaired) electrons. The van der Waals surface area contributed by atoms with E-state index in [1.54, 1.807) is 0 Å². The molecule has 1 aliphatic rings. The minimum Gasteiger partial charge on any atom is -0.326 e. The molecule has 3 rings (SSSR count). The van der Waals surface area contributed by atoms with E-state index >= 15 is 0 Å². The summed E-state index contributed by atoms with van der Waals surface area (Å²) in [5.74, 6) is 0.406. The quantitative estimate of drug-likeness (QED) is 0.828. The van der Waals surface area contributed by atoms with Crippen LogP contribution in [0.5, 0.6) is 0 Å². The van der Waals surface area contributed by atoms with E-state index in [4.69, 9.17) is 0 Å². The number of hydrogen-bond acceptors (Lipinski definition) is 1. The molecule has 1 amide bonds. The number of aryl methyl sites for hydroxylation is 2. The topological polar surface area (TPSA) is 29.1 Å². The van der Waals surface area contributed by atoms with Crippen LogP contribution in [0.2, 0.25) is 0 Å². The van der Waals surface area contributed by atoms with Crippen molar-refractivity contribution in [2.24, 2.45) is 5.92 Å². The summed E-state index contributed by atoms with van der Waals surface area (Å²) in [6.45, 7) is 0. The third-order valence-corrected chi connectivity index (χ3v) is 4.74. The average molecular weight is 307 g/mol. The lowest BCUT2D eigenvalue weighted by Crippen LogP contribution is -2.24. The van der Waals surface area contributed by atoms with E-state index in [9.17, 15) is 4.79 Å². The summed E-state index contributed by atoms with van der Waals surface area (Å²) in [4.78, 5) is 12.3. The first-order chi connectivity index (χ1) is 11.3. The molecule has 0 atom stereocenters. The number of hydrogen-bond donors (Lipinski definition) is 1. The number of carbonyl (C=O) groups excluding carboxylic acids is 1. The molecular formula is C21H25NO. The van der Waals surface area contributed by atoms with Crippen LogP contribution in [-0.2, 0) is 17.6 Å². The number of benzene rings is 2. The SMILES string of the molecule is O=C(Nc1ccc(CCc2ccccc2)cc1)C1CCCCC1. The predicted octanol–water partition coefficient (Wildman–Crippen LogP) is 4.99. The Morgan fingerprint density at radius 1 is 0.826 bits per heavy atom. The van der Waals surface area contributed by atoms with Gasteiger partial charge in [-0.15, -0.1) is 0 Å². The zero-order valence-electron chi connectivity index (χ0n) is 13.6. The van der Waals surface area contributed by atoms with Crippen LogP contribution in [0.25, 0.3) is 0 Å². The molecule has 1 fully saturated rings. The van der Waals surface area contributed by atoms with Gasteiger partial charge in [0.25, 0.3) is 0 Å². The van der Waals surface area contributed by atoms with Crippen molar-refractivity contribution >= 4 is 11.6 Å². The molecule has 0 bridgehead atoms. The molecule has 120 valence electrons. The molecule has 0 aliphatic heterocycles. The van der Waals surface area contributed by atoms with Crippen LogP contribution in [0.3, 0.4) is 0 Å². The summed E-state index contributed by atoms with van der Waals surface area (Å²) in [6, 6.07) is 18.9. The van der Waals surface area contributed by atoms with Crippen LogP contribution in [-0.4, -0.2) is 5.91 Å². The third kappa shape index (κ3) is 4.69. The lowest BCUT2D eigenvalue weighted by atomic mass is 9.88. The van der Waals surface area contributed by atoms with E-state index in [-0.39, 0.29) is 11.8 Å². The van der Waals surface area contributed by atoms with Gasteiger partial charge in [-0.1, -0.05) is 61.7 Å². The Labute approximate surface area is 138 Å². The van der Waals surface area contributed by atoms with Crippen LogP contribution in [0.15, 0.2) is 54.6 Å². The molecule has 1 N–H and O–H groups in total. The Balaban J connectivity index is 1.51. The highest BCUT2D eigenvalue weighted by Crippen LogP contribution is 2.25. The van der Waals surface area contributed by atoms with E-state index in [0.29, 0.717) is 0 Å². The van der Waals surface area contributed by atoms with Crippen LogP contribution in [0, 0.1) is 5.92 Å². The molecular weight excluding hydrogens is 282 g/mol. The maximum absolute atomic E-state index is 12.3. The summed E-state index contributed by atoms with van der Waals surface area (Å²) >= 11 is 0. The number of anilines is 1. The van der Waals surface area contributed by atoms with Gasteiger partial charge in [-0.25, -0.2) is 0 Å². The number of amides is 1. The van der Waals surface area contributed by atoms with E-state index in [1.807, 2.05) is 18.2 Å². The van der Waals surface area contributed by atoms with Crippen LogP contribution in [0.4, 0.5) is 5.69 Å². The Bertz CT molecular complexity index is 612. The highest BCUT2D eigenvalue weighted by Gasteiger charge is 2.20. The standard InChI is InChI=1S/C21H25NO/c23-21(19-9-5-2-6-10-19)22-20-15-13-18(14-16-20)12-11-17-7-3-1-4-8-17/h1,3-4,7-8,13-16,19H,2,5-6,9-12H2,(H,22,23). The Morgan fingerprint density at radius 3 is 2.09 bits per heavy atom. The molecule has 1 saturated carbocycles. The molecule has 0 aromatic heterocycles. The molecule has 23 heavy (non-hydrogen) atoms. The maximum Gasteiger partial charge on any atom is 0.227 e. The highest BCUT2D eigenvalue weighted by molar-refractivity contribution is 5.92. The van der Waals surface area contributed by atoms with Gasteiger partial charge in [-0.2, -0.15) is 0 Å². The number of carbonyl (C=O) groups is 1. The number of nitrogens with one attached hydrogen (secondary N) is 1. The smallest absolute Gasteiger partial charge is 0.227 e. The Kier molecular flexibility index (Phi) is 5.46. The highest BCUT2D eigenvalue weighted by atomic mass is 16.1. The summed E-state index contributed by atoms with van der Waals surface area (Å²) in [7, 11) is 0. The van der Waals surface area contributed by atoms with Gasteiger partial charge in [0, 0.05) is 11.6 Å². The predicted molar refractivity (Wildman–Crippen MR) is 95.5 cm³/mol. The molecule has 0 spiro atoms. The Hall–Kier alpha value is -2.09. The summed E-state index contributed by atoms with van der Waals surface area (Å²) in [5, 5.41) is 3.07. The van der Waals surface area contributed by atoms with Gasteiger partial charge in [0.15, 0.2) is 0 Å². The molecule has 0 saturated heterocycles. The molecule has 0 unspecified atom stereocenters. The first-order valence-electron chi connectivity index (χ1n) is 8.75. The van der Waals surface area contributed by atoms with Gasteiger partial charge in [0.05, 0.1) is 0 Å². The largest absolute Gasteiger partial charge is 0.326 e. The van der Waals surface area contributed by atoms with Crippen LogP contribution >= 0.6 is 0 Å². The van der Waals surface area contributed by atoms with E-state index in [0.717, 1.165) is 31.4 Å². The minimum atomic E-state index is 0.196. The molecule has 1 aliphatic carbocycles. The van der Waals surface area contributed by atoms with Crippen molar-refractivity contribution in [2.75, 3.05) is 5.32 Å². The van der Waals surface area contributed by atoms with Crippen molar-refractivity contribution in [1.82, 2.24) is 0 Å². The van der Waals surface area contributed by atoms with E-state index < -0.39 is 0 Å². The fraction of sp³-hybridized carbons (Fsp3) is 0.381. The van der Waals surface area contributed by atoms with Gasteiger partial charge in [-0.3, -0.25) is 4.79 Å².